The Morgan fingerprint density at radius 3 is 2.52 bits per heavy atom. The molecule has 0 radical (unpaired) electrons. The lowest BCUT2D eigenvalue weighted by Crippen LogP contribution is -2.46. The van der Waals surface area contributed by atoms with Crippen LogP contribution >= 0.6 is 23.2 Å². The number of halogens is 2. The van der Waals surface area contributed by atoms with Crippen LogP contribution in [0.15, 0.2) is 18.2 Å². The SMILES string of the molecule is NC1CCN(C2CCN(Cc3ccc(Cl)c(Cl)c3)C2)CC1. The molecule has 0 aromatic heterocycles. The molecule has 2 fully saturated rings. The fourth-order valence-corrected chi connectivity index (χ4v) is 3.76. The number of hydrogen-bond donors (Lipinski definition) is 1. The molecular formula is C16H23Cl2N3. The Labute approximate surface area is 137 Å². The highest BCUT2D eigenvalue weighted by Crippen LogP contribution is 2.25. The van der Waals surface area contributed by atoms with Crippen molar-refractivity contribution in [3.05, 3.63) is 33.8 Å². The highest BCUT2D eigenvalue weighted by molar-refractivity contribution is 6.42. The van der Waals surface area contributed by atoms with Crippen LogP contribution in [0.5, 0.6) is 0 Å². The second-order valence-electron chi connectivity index (χ2n) is 6.30. The summed E-state index contributed by atoms with van der Waals surface area (Å²) < 4.78 is 0. The van der Waals surface area contributed by atoms with Crippen LogP contribution in [0, 0.1) is 0 Å². The maximum absolute atomic E-state index is 6.09. The third kappa shape index (κ3) is 3.91. The van der Waals surface area contributed by atoms with Gasteiger partial charge in [-0.1, -0.05) is 29.3 Å². The predicted octanol–water partition coefficient (Wildman–Crippen LogP) is 2.99. The van der Waals surface area contributed by atoms with Gasteiger partial charge in [-0.2, -0.15) is 0 Å². The van der Waals surface area contributed by atoms with Gasteiger partial charge in [-0.3, -0.25) is 9.80 Å². The molecule has 2 saturated heterocycles. The van der Waals surface area contributed by atoms with E-state index in [9.17, 15) is 0 Å². The zero-order chi connectivity index (χ0) is 14.8. The first-order valence-corrected chi connectivity index (χ1v) is 8.53. The molecule has 1 aromatic carbocycles. The van der Waals surface area contributed by atoms with E-state index in [0.717, 1.165) is 45.6 Å². The molecule has 3 rings (SSSR count). The smallest absolute Gasteiger partial charge is 0.0595 e. The highest BCUT2D eigenvalue weighted by Gasteiger charge is 2.29. The van der Waals surface area contributed by atoms with E-state index < -0.39 is 0 Å². The quantitative estimate of drug-likeness (QED) is 0.926. The first-order valence-electron chi connectivity index (χ1n) is 7.78. The fraction of sp³-hybridized carbons (Fsp3) is 0.625. The Kier molecular flexibility index (Phi) is 5.07. The van der Waals surface area contributed by atoms with Crippen molar-refractivity contribution < 1.29 is 0 Å². The van der Waals surface area contributed by atoms with Gasteiger partial charge in [-0.15, -0.1) is 0 Å². The van der Waals surface area contributed by atoms with E-state index in [0.29, 0.717) is 22.1 Å². The Morgan fingerprint density at radius 1 is 1.05 bits per heavy atom. The Morgan fingerprint density at radius 2 is 1.81 bits per heavy atom. The maximum Gasteiger partial charge on any atom is 0.0595 e. The zero-order valence-electron chi connectivity index (χ0n) is 12.3. The van der Waals surface area contributed by atoms with Crippen molar-refractivity contribution in [3.8, 4) is 0 Å². The van der Waals surface area contributed by atoms with Crippen LogP contribution in [-0.2, 0) is 6.54 Å². The monoisotopic (exact) mass is 327 g/mol. The second-order valence-corrected chi connectivity index (χ2v) is 7.11. The number of piperidine rings is 1. The number of benzene rings is 1. The molecule has 0 saturated carbocycles. The lowest BCUT2D eigenvalue weighted by molar-refractivity contribution is 0.151. The molecule has 0 spiro atoms. The van der Waals surface area contributed by atoms with Gasteiger partial charge in [0, 0.05) is 31.7 Å². The van der Waals surface area contributed by atoms with Gasteiger partial charge < -0.3 is 5.73 Å². The molecule has 0 aliphatic carbocycles. The largest absolute Gasteiger partial charge is 0.328 e. The molecule has 3 nitrogen and oxygen atoms in total. The van der Waals surface area contributed by atoms with Gasteiger partial charge in [0.05, 0.1) is 10.0 Å². The summed E-state index contributed by atoms with van der Waals surface area (Å²) in [4.78, 5) is 5.14. The molecule has 116 valence electrons. The van der Waals surface area contributed by atoms with Crippen molar-refractivity contribution in [1.82, 2.24) is 9.80 Å². The van der Waals surface area contributed by atoms with Crippen molar-refractivity contribution in [2.75, 3.05) is 26.2 Å². The molecule has 2 aliphatic heterocycles. The molecule has 5 heteroatoms. The Hall–Kier alpha value is -0.320. The number of nitrogens with two attached hydrogens (primary N) is 1. The van der Waals surface area contributed by atoms with Crippen LogP contribution in [0.1, 0.15) is 24.8 Å². The minimum absolute atomic E-state index is 0.412. The van der Waals surface area contributed by atoms with Crippen molar-refractivity contribution in [1.29, 1.82) is 0 Å². The van der Waals surface area contributed by atoms with Gasteiger partial charge in [0.25, 0.3) is 0 Å². The van der Waals surface area contributed by atoms with Crippen molar-refractivity contribution >= 4 is 23.2 Å². The van der Waals surface area contributed by atoms with E-state index in [-0.39, 0.29) is 0 Å². The van der Waals surface area contributed by atoms with Crippen LogP contribution in [0.2, 0.25) is 10.0 Å². The topological polar surface area (TPSA) is 32.5 Å². The summed E-state index contributed by atoms with van der Waals surface area (Å²) in [5.74, 6) is 0. The predicted molar refractivity (Wildman–Crippen MR) is 88.9 cm³/mol. The van der Waals surface area contributed by atoms with Crippen molar-refractivity contribution in [3.63, 3.8) is 0 Å². The first kappa shape index (κ1) is 15.6. The third-order valence-corrected chi connectivity index (χ3v) is 5.47. The van der Waals surface area contributed by atoms with Gasteiger partial charge in [0.15, 0.2) is 0 Å². The van der Waals surface area contributed by atoms with Crippen molar-refractivity contribution in [2.45, 2.75) is 37.9 Å². The molecule has 0 amide bonds. The third-order valence-electron chi connectivity index (χ3n) is 4.73. The normalized spacial score (nSPS) is 25.6. The minimum Gasteiger partial charge on any atom is -0.328 e. The number of likely N-dealkylation sites (tertiary alicyclic amines) is 2. The summed E-state index contributed by atoms with van der Waals surface area (Å²) in [5.41, 5.74) is 7.23. The van der Waals surface area contributed by atoms with Gasteiger partial charge in [0.2, 0.25) is 0 Å². The Bertz CT molecular complexity index is 486. The van der Waals surface area contributed by atoms with Crippen LogP contribution < -0.4 is 5.73 Å². The van der Waals surface area contributed by atoms with E-state index in [2.05, 4.69) is 15.9 Å². The van der Waals surface area contributed by atoms with Crippen LogP contribution in [0.25, 0.3) is 0 Å². The number of rotatable bonds is 3. The van der Waals surface area contributed by atoms with Gasteiger partial charge in [-0.25, -0.2) is 0 Å². The van der Waals surface area contributed by atoms with Gasteiger partial charge in [0.1, 0.15) is 0 Å². The molecule has 1 unspecified atom stereocenters. The average Bonchev–Trinajstić information content (AvgIpc) is 2.92. The molecular weight excluding hydrogens is 305 g/mol. The summed E-state index contributed by atoms with van der Waals surface area (Å²) >= 11 is 12.1. The minimum atomic E-state index is 0.412. The standard InChI is InChI=1S/C16H23Cl2N3/c17-15-2-1-12(9-16(15)18)10-20-6-5-14(11-20)21-7-3-13(19)4-8-21/h1-2,9,13-14H,3-8,10-11,19H2. The van der Waals surface area contributed by atoms with Gasteiger partial charge >= 0.3 is 0 Å². The molecule has 21 heavy (non-hydrogen) atoms. The number of hydrogen-bond acceptors (Lipinski definition) is 3. The fourth-order valence-electron chi connectivity index (χ4n) is 3.43. The molecule has 1 atom stereocenters. The van der Waals surface area contributed by atoms with E-state index >= 15 is 0 Å². The van der Waals surface area contributed by atoms with Crippen LogP contribution in [-0.4, -0.2) is 48.1 Å². The van der Waals surface area contributed by atoms with E-state index in [1.807, 2.05) is 12.1 Å². The molecule has 0 bridgehead atoms. The molecule has 2 aliphatic rings. The summed E-state index contributed by atoms with van der Waals surface area (Å²) in [7, 11) is 0. The molecule has 2 N–H and O–H groups in total. The summed E-state index contributed by atoms with van der Waals surface area (Å²) in [6.07, 6.45) is 3.54. The summed E-state index contributed by atoms with van der Waals surface area (Å²) in [5, 5.41) is 1.28. The van der Waals surface area contributed by atoms with Crippen LogP contribution in [0.3, 0.4) is 0 Å². The maximum atomic E-state index is 6.09. The molecule has 1 aromatic rings. The second kappa shape index (κ2) is 6.84. The van der Waals surface area contributed by atoms with E-state index in [4.69, 9.17) is 28.9 Å². The van der Waals surface area contributed by atoms with Gasteiger partial charge in [-0.05, 0) is 50.0 Å². The lowest BCUT2D eigenvalue weighted by Gasteiger charge is -2.34. The lowest BCUT2D eigenvalue weighted by atomic mass is 10.0. The summed E-state index contributed by atoms with van der Waals surface area (Å²) in [6.45, 7) is 5.59. The van der Waals surface area contributed by atoms with Crippen LogP contribution in [0.4, 0.5) is 0 Å². The zero-order valence-corrected chi connectivity index (χ0v) is 13.8. The van der Waals surface area contributed by atoms with E-state index in [1.165, 1.54) is 12.0 Å². The number of nitrogens with zero attached hydrogens (tertiary/aromatic N) is 2. The van der Waals surface area contributed by atoms with Crippen molar-refractivity contribution in [2.24, 2.45) is 5.73 Å². The molecule has 2 heterocycles. The average molecular weight is 328 g/mol. The first-order chi connectivity index (χ1) is 10.1. The van der Waals surface area contributed by atoms with E-state index in [1.54, 1.807) is 0 Å². The Balaban J connectivity index is 1.53. The highest BCUT2D eigenvalue weighted by atomic mass is 35.5. The summed E-state index contributed by atoms with van der Waals surface area (Å²) in [6, 6.07) is 7.05.